The lowest BCUT2D eigenvalue weighted by Crippen LogP contribution is -2.63. The van der Waals surface area contributed by atoms with Crippen LogP contribution in [0.1, 0.15) is 52.9 Å². The SMILES string of the molecule is CCCC1(CN2C(=O)C(C)NC(=O)C2CC)CC1. The molecule has 1 aliphatic heterocycles. The molecular formula is C14H24N2O2. The zero-order chi connectivity index (χ0) is 13.3. The fraction of sp³-hybridized carbons (Fsp3) is 0.857. The number of carbonyl (C=O) groups excluding carboxylic acids is 2. The van der Waals surface area contributed by atoms with Crippen molar-refractivity contribution in [2.24, 2.45) is 5.41 Å². The van der Waals surface area contributed by atoms with Crippen LogP contribution in [0.3, 0.4) is 0 Å². The van der Waals surface area contributed by atoms with Crippen LogP contribution in [-0.4, -0.2) is 35.3 Å². The first-order chi connectivity index (χ1) is 8.53. The van der Waals surface area contributed by atoms with E-state index in [4.69, 9.17) is 0 Å². The number of amides is 2. The molecule has 4 nitrogen and oxygen atoms in total. The third kappa shape index (κ3) is 2.38. The van der Waals surface area contributed by atoms with Gasteiger partial charge in [-0.2, -0.15) is 0 Å². The predicted octanol–water partition coefficient (Wildman–Crippen LogP) is 1.69. The van der Waals surface area contributed by atoms with E-state index in [0.29, 0.717) is 11.8 Å². The van der Waals surface area contributed by atoms with E-state index in [1.807, 2.05) is 11.8 Å². The van der Waals surface area contributed by atoms with E-state index in [0.717, 1.165) is 13.0 Å². The van der Waals surface area contributed by atoms with E-state index in [9.17, 15) is 9.59 Å². The summed E-state index contributed by atoms with van der Waals surface area (Å²) in [6.45, 7) is 6.71. The molecule has 1 N–H and O–H groups in total. The Morgan fingerprint density at radius 3 is 2.50 bits per heavy atom. The predicted molar refractivity (Wildman–Crippen MR) is 70.0 cm³/mol. The molecule has 1 saturated heterocycles. The van der Waals surface area contributed by atoms with Crippen LogP contribution in [0.5, 0.6) is 0 Å². The second-order valence-electron chi connectivity index (χ2n) is 5.87. The summed E-state index contributed by atoms with van der Waals surface area (Å²) in [6.07, 6.45) is 5.43. The number of hydrogen-bond donors (Lipinski definition) is 1. The maximum atomic E-state index is 12.3. The van der Waals surface area contributed by atoms with Gasteiger partial charge >= 0.3 is 0 Å². The highest BCUT2D eigenvalue weighted by atomic mass is 16.2. The molecule has 1 saturated carbocycles. The van der Waals surface area contributed by atoms with Gasteiger partial charge in [0.25, 0.3) is 0 Å². The van der Waals surface area contributed by atoms with E-state index >= 15 is 0 Å². The summed E-state index contributed by atoms with van der Waals surface area (Å²) in [5, 5.41) is 2.77. The first kappa shape index (κ1) is 13.4. The highest BCUT2D eigenvalue weighted by Gasteiger charge is 2.47. The monoisotopic (exact) mass is 252 g/mol. The fourth-order valence-electron chi connectivity index (χ4n) is 3.06. The van der Waals surface area contributed by atoms with Gasteiger partial charge in [0.05, 0.1) is 0 Å². The van der Waals surface area contributed by atoms with Gasteiger partial charge in [-0.05, 0) is 38.0 Å². The van der Waals surface area contributed by atoms with Crippen molar-refractivity contribution in [2.75, 3.05) is 6.54 Å². The molecule has 1 aliphatic carbocycles. The van der Waals surface area contributed by atoms with E-state index in [2.05, 4.69) is 12.2 Å². The Morgan fingerprint density at radius 1 is 1.33 bits per heavy atom. The van der Waals surface area contributed by atoms with Gasteiger partial charge in [0.1, 0.15) is 12.1 Å². The molecule has 0 aromatic rings. The number of hydrogen-bond acceptors (Lipinski definition) is 2. The van der Waals surface area contributed by atoms with Crippen LogP contribution in [0.2, 0.25) is 0 Å². The van der Waals surface area contributed by atoms with Crippen molar-refractivity contribution in [1.82, 2.24) is 10.2 Å². The molecule has 2 rings (SSSR count). The molecule has 102 valence electrons. The van der Waals surface area contributed by atoms with Gasteiger partial charge < -0.3 is 10.2 Å². The maximum absolute atomic E-state index is 12.3. The van der Waals surface area contributed by atoms with Gasteiger partial charge in [0, 0.05) is 6.54 Å². The van der Waals surface area contributed by atoms with Crippen molar-refractivity contribution in [3.63, 3.8) is 0 Å². The third-order valence-electron chi connectivity index (χ3n) is 4.32. The number of carbonyl (C=O) groups is 2. The molecule has 2 amide bonds. The first-order valence-corrected chi connectivity index (χ1v) is 7.14. The van der Waals surface area contributed by atoms with Gasteiger partial charge in [-0.15, -0.1) is 0 Å². The average molecular weight is 252 g/mol. The molecule has 0 bridgehead atoms. The molecule has 2 unspecified atom stereocenters. The van der Waals surface area contributed by atoms with Crippen molar-refractivity contribution in [2.45, 2.75) is 65.0 Å². The zero-order valence-electron chi connectivity index (χ0n) is 11.7. The second-order valence-corrected chi connectivity index (χ2v) is 5.87. The van der Waals surface area contributed by atoms with E-state index in [1.165, 1.54) is 19.3 Å². The standard InChI is InChI=1S/C14H24N2O2/c1-4-6-14(7-8-14)9-16-11(5-2)12(17)15-10(3)13(16)18/h10-11H,4-9H2,1-3H3,(H,15,17). The lowest BCUT2D eigenvalue weighted by Gasteiger charge is -2.39. The maximum Gasteiger partial charge on any atom is 0.245 e. The lowest BCUT2D eigenvalue weighted by molar-refractivity contribution is -0.150. The summed E-state index contributed by atoms with van der Waals surface area (Å²) in [4.78, 5) is 26.1. The third-order valence-corrected chi connectivity index (χ3v) is 4.32. The van der Waals surface area contributed by atoms with Crippen LogP contribution in [-0.2, 0) is 9.59 Å². The molecule has 1 heterocycles. The smallest absolute Gasteiger partial charge is 0.245 e. The van der Waals surface area contributed by atoms with Crippen molar-refractivity contribution in [3.05, 3.63) is 0 Å². The zero-order valence-corrected chi connectivity index (χ0v) is 11.7. The second kappa shape index (κ2) is 4.90. The Balaban J connectivity index is 2.11. The molecule has 4 heteroatoms. The van der Waals surface area contributed by atoms with Crippen molar-refractivity contribution in [1.29, 1.82) is 0 Å². The summed E-state index contributed by atoms with van der Waals surface area (Å²) in [7, 11) is 0. The molecular weight excluding hydrogens is 228 g/mol. The molecule has 2 atom stereocenters. The van der Waals surface area contributed by atoms with Crippen molar-refractivity contribution in [3.8, 4) is 0 Å². The molecule has 2 aliphatic rings. The molecule has 0 radical (unpaired) electrons. The van der Waals surface area contributed by atoms with Gasteiger partial charge in [0.2, 0.25) is 11.8 Å². The molecule has 0 spiro atoms. The largest absolute Gasteiger partial charge is 0.343 e. The normalized spacial score (nSPS) is 30.3. The van der Waals surface area contributed by atoms with Gasteiger partial charge in [-0.1, -0.05) is 20.3 Å². The van der Waals surface area contributed by atoms with E-state index in [-0.39, 0.29) is 23.9 Å². The Labute approximate surface area is 109 Å². The summed E-state index contributed by atoms with van der Waals surface area (Å²) in [5.74, 6) is 0.0979. The van der Waals surface area contributed by atoms with Crippen LogP contribution in [0, 0.1) is 5.41 Å². The van der Waals surface area contributed by atoms with Gasteiger partial charge in [-0.25, -0.2) is 0 Å². The van der Waals surface area contributed by atoms with Crippen molar-refractivity contribution < 1.29 is 9.59 Å². The minimum atomic E-state index is -0.363. The minimum Gasteiger partial charge on any atom is -0.343 e. The molecule has 0 aromatic heterocycles. The van der Waals surface area contributed by atoms with E-state index < -0.39 is 0 Å². The Kier molecular flexibility index (Phi) is 3.64. The van der Waals surface area contributed by atoms with Crippen LogP contribution in [0.25, 0.3) is 0 Å². The number of nitrogens with zero attached hydrogens (tertiary/aromatic N) is 1. The summed E-state index contributed by atoms with van der Waals surface area (Å²) < 4.78 is 0. The number of piperazine rings is 1. The molecule has 18 heavy (non-hydrogen) atoms. The Morgan fingerprint density at radius 2 is 2.00 bits per heavy atom. The molecule has 0 aromatic carbocycles. The van der Waals surface area contributed by atoms with Crippen LogP contribution < -0.4 is 5.32 Å². The summed E-state index contributed by atoms with van der Waals surface area (Å²) >= 11 is 0. The molecule has 2 fully saturated rings. The highest BCUT2D eigenvalue weighted by Crippen LogP contribution is 2.50. The quantitative estimate of drug-likeness (QED) is 0.809. The average Bonchev–Trinajstić information content (AvgIpc) is 3.06. The van der Waals surface area contributed by atoms with E-state index in [1.54, 1.807) is 6.92 Å². The van der Waals surface area contributed by atoms with Crippen LogP contribution in [0.4, 0.5) is 0 Å². The minimum absolute atomic E-state index is 0.0110. The highest BCUT2D eigenvalue weighted by molar-refractivity contribution is 5.96. The summed E-state index contributed by atoms with van der Waals surface area (Å²) in [6, 6.07) is -0.624. The first-order valence-electron chi connectivity index (χ1n) is 7.14. The Bertz CT molecular complexity index is 350. The fourth-order valence-corrected chi connectivity index (χ4v) is 3.06. The van der Waals surface area contributed by atoms with Gasteiger partial charge in [0.15, 0.2) is 0 Å². The van der Waals surface area contributed by atoms with Gasteiger partial charge in [-0.3, -0.25) is 9.59 Å². The number of nitrogens with one attached hydrogen (secondary N) is 1. The summed E-state index contributed by atoms with van der Waals surface area (Å²) in [5.41, 5.74) is 0.315. The van der Waals surface area contributed by atoms with Crippen LogP contribution in [0.15, 0.2) is 0 Å². The van der Waals surface area contributed by atoms with Crippen molar-refractivity contribution >= 4 is 11.8 Å². The lowest BCUT2D eigenvalue weighted by atomic mass is 9.96. The Hall–Kier alpha value is -1.06. The topological polar surface area (TPSA) is 49.4 Å². The number of rotatable bonds is 5. The van der Waals surface area contributed by atoms with Crippen LogP contribution >= 0.6 is 0 Å².